The van der Waals surface area contributed by atoms with E-state index in [1.54, 1.807) is 18.2 Å². The molecular formula is C21H19NO4. The number of furan rings is 1. The van der Waals surface area contributed by atoms with Crippen molar-refractivity contribution in [2.75, 3.05) is 5.32 Å². The van der Waals surface area contributed by atoms with E-state index in [2.05, 4.69) is 5.32 Å². The van der Waals surface area contributed by atoms with Gasteiger partial charge in [-0.2, -0.15) is 0 Å². The Kier molecular flexibility index (Phi) is 3.61. The second-order valence-corrected chi connectivity index (χ2v) is 7.18. The Morgan fingerprint density at radius 2 is 1.92 bits per heavy atom. The summed E-state index contributed by atoms with van der Waals surface area (Å²) in [6.07, 6.45) is 0.306. The van der Waals surface area contributed by atoms with E-state index < -0.39 is 5.60 Å². The van der Waals surface area contributed by atoms with Crippen molar-refractivity contribution in [1.29, 1.82) is 0 Å². The molecule has 0 fully saturated rings. The number of benzene rings is 2. The lowest BCUT2D eigenvalue weighted by molar-refractivity contribution is 0.0620. The zero-order valence-electron chi connectivity index (χ0n) is 14.9. The lowest BCUT2D eigenvalue weighted by atomic mass is 9.93. The smallest absolute Gasteiger partial charge is 0.291 e. The number of fused-ring (bicyclic) bond motifs is 2. The Morgan fingerprint density at radius 1 is 1.15 bits per heavy atom. The lowest BCUT2D eigenvalue weighted by Gasteiger charge is -2.31. The van der Waals surface area contributed by atoms with E-state index in [4.69, 9.17) is 9.15 Å². The van der Waals surface area contributed by atoms with E-state index in [0.717, 1.165) is 10.9 Å². The molecule has 0 saturated heterocycles. The largest absolute Gasteiger partial charge is 0.487 e. The molecule has 0 aliphatic carbocycles. The number of carbonyl (C=O) groups excluding carboxylic acids is 2. The summed E-state index contributed by atoms with van der Waals surface area (Å²) in [4.78, 5) is 25.0. The number of ether oxygens (including phenoxy) is 1. The van der Waals surface area contributed by atoms with Crippen molar-refractivity contribution >= 4 is 28.3 Å². The SMILES string of the molecule is Cc1c(C(=O)Nc2ccc3c(c2)C(=O)CC(C)(C)O3)oc2ccccc12. The molecule has 0 atom stereocenters. The number of anilines is 1. The minimum atomic E-state index is -0.514. The average molecular weight is 349 g/mol. The van der Waals surface area contributed by atoms with Crippen LogP contribution in [0.25, 0.3) is 11.0 Å². The minimum absolute atomic E-state index is 0.00673. The second-order valence-electron chi connectivity index (χ2n) is 7.18. The first-order chi connectivity index (χ1) is 12.3. The van der Waals surface area contributed by atoms with Crippen molar-refractivity contribution in [3.63, 3.8) is 0 Å². The normalized spacial score (nSPS) is 15.4. The van der Waals surface area contributed by atoms with E-state index >= 15 is 0 Å². The zero-order valence-corrected chi connectivity index (χ0v) is 14.9. The topological polar surface area (TPSA) is 68.5 Å². The quantitative estimate of drug-likeness (QED) is 0.726. The number of rotatable bonds is 2. The van der Waals surface area contributed by atoms with Crippen LogP contribution in [-0.2, 0) is 0 Å². The number of ketones is 1. The van der Waals surface area contributed by atoms with Crippen LogP contribution in [0.5, 0.6) is 5.75 Å². The lowest BCUT2D eigenvalue weighted by Crippen LogP contribution is -2.35. The summed E-state index contributed by atoms with van der Waals surface area (Å²) in [5.41, 5.74) is 1.97. The van der Waals surface area contributed by atoms with E-state index in [-0.39, 0.29) is 17.5 Å². The van der Waals surface area contributed by atoms with Crippen LogP contribution in [-0.4, -0.2) is 17.3 Å². The van der Waals surface area contributed by atoms with E-state index in [1.807, 2.05) is 45.0 Å². The summed E-state index contributed by atoms with van der Waals surface area (Å²) in [5.74, 6) is 0.479. The molecule has 5 heteroatoms. The molecule has 1 amide bonds. The third-order valence-corrected chi connectivity index (χ3v) is 4.56. The van der Waals surface area contributed by atoms with Crippen LogP contribution in [0.4, 0.5) is 5.69 Å². The van der Waals surface area contributed by atoms with E-state index in [0.29, 0.717) is 29.0 Å². The van der Waals surface area contributed by atoms with Crippen molar-refractivity contribution in [1.82, 2.24) is 0 Å². The molecule has 0 spiro atoms. The number of carbonyl (C=O) groups is 2. The fourth-order valence-electron chi connectivity index (χ4n) is 3.31. The van der Waals surface area contributed by atoms with Gasteiger partial charge in [-0.05, 0) is 45.0 Å². The van der Waals surface area contributed by atoms with Crippen LogP contribution in [0.2, 0.25) is 0 Å². The molecule has 5 nitrogen and oxygen atoms in total. The summed E-state index contributed by atoms with van der Waals surface area (Å²) in [5, 5.41) is 3.72. The molecule has 2 heterocycles. The maximum atomic E-state index is 12.6. The van der Waals surface area contributed by atoms with Crippen molar-refractivity contribution in [2.24, 2.45) is 0 Å². The molecule has 1 aliphatic heterocycles. The van der Waals surface area contributed by atoms with Crippen LogP contribution in [0.1, 0.15) is 46.7 Å². The number of hydrogen-bond donors (Lipinski definition) is 1. The first-order valence-electron chi connectivity index (χ1n) is 8.50. The van der Waals surface area contributed by atoms with Gasteiger partial charge in [-0.15, -0.1) is 0 Å². The van der Waals surface area contributed by atoms with Gasteiger partial charge in [0.05, 0.1) is 12.0 Å². The first kappa shape index (κ1) is 16.4. The molecule has 4 rings (SSSR count). The number of amides is 1. The molecule has 1 aromatic heterocycles. The molecule has 26 heavy (non-hydrogen) atoms. The van der Waals surface area contributed by atoms with Gasteiger partial charge in [0.2, 0.25) is 0 Å². The standard InChI is InChI=1S/C21H19NO4/c1-12-14-6-4-5-7-17(14)25-19(12)20(24)22-13-8-9-18-15(10-13)16(23)11-21(2,3)26-18/h4-10H,11H2,1-3H3,(H,22,24). The predicted octanol–water partition coefficient (Wildman–Crippen LogP) is 4.74. The predicted molar refractivity (Wildman–Crippen MR) is 99.0 cm³/mol. The monoisotopic (exact) mass is 349 g/mol. The van der Waals surface area contributed by atoms with Crippen molar-refractivity contribution in [3.05, 3.63) is 59.4 Å². The van der Waals surface area contributed by atoms with Crippen molar-refractivity contribution in [2.45, 2.75) is 32.8 Å². The van der Waals surface area contributed by atoms with Gasteiger partial charge in [-0.1, -0.05) is 18.2 Å². The molecular weight excluding hydrogens is 330 g/mol. The highest BCUT2D eigenvalue weighted by molar-refractivity contribution is 6.07. The minimum Gasteiger partial charge on any atom is -0.487 e. The molecule has 132 valence electrons. The Balaban J connectivity index is 1.63. The highest BCUT2D eigenvalue weighted by atomic mass is 16.5. The Bertz CT molecular complexity index is 1050. The van der Waals surface area contributed by atoms with Crippen LogP contribution in [0, 0.1) is 6.92 Å². The summed E-state index contributed by atoms with van der Waals surface area (Å²) < 4.78 is 11.5. The van der Waals surface area contributed by atoms with Gasteiger partial charge in [0.25, 0.3) is 5.91 Å². The molecule has 0 unspecified atom stereocenters. The summed E-state index contributed by atoms with van der Waals surface area (Å²) in [6.45, 7) is 5.62. The fourth-order valence-corrected chi connectivity index (χ4v) is 3.31. The van der Waals surface area contributed by atoms with Gasteiger partial charge in [-0.3, -0.25) is 9.59 Å². The van der Waals surface area contributed by atoms with E-state index in [9.17, 15) is 9.59 Å². The zero-order chi connectivity index (χ0) is 18.5. The molecule has 1 aliphatic rings. The number of hydrogen-bond acceptors (Lipinski definition) is 4. The van der Waals surface area contributed by atoms with Crippen molar-refractivity contribution < 1.29 is 18.7 Å². The average Bonchev–Trinajstić information content (AvgIpc) is 2.92. The maximum Gasteiger partial charge on any atom is 0.291 e. The van der Waals surface area contributed by atoms with Crippen LogP contribution in [0.15, 0.2) is 46.9 Å². The van der Waals surface area contributed by atoms with Gasteiger partial charge < -0.3 is 14.5 Å². The van der Waals surface area contributed by atoms with Crippen LogP contribution in [0.3, 0.4) is 0 Å². The Morgan fingerprint density at radius 3 is 2.69 bits per heavy atom. The fraction of sp³-hybridized carbons (Fsp3) is 0.238. The van der Waals surface area contributed by atoms with Gasteiger partial charge in [-0.25, -0.2) is 0 Å². The first-order valence-corrected chi connectivity index (χ1v) is 8.50. The highest BCUT2D eigenvalue weighted by Crippen LogP contribution is 2.35. The third kappa shape index (κ3) is 2.75. The summed E-state index contributed by atoms with van der Waals surface area (Å²) in [6, 6.07) is 12.6. The van der Waals surface area contributed by atoms with Gasteiger partial charge in [0.15, 0.2) is 11.5 Å². The van der Waals surface area contributed by atoms with Crippen LogP contribution < -0.4 is 10.1 Å². The Labute approximate surface area is 150 Å². The summed E-state index contributed by atoms with van der Waals surface area (Å²) >= 11 is 0. The van der Waals surface area contributed by atoms with E-state index in [1.165, 1.54) is 0 Å². The van der Waals surface area contributed by atoms with Gasteiger partial charge >= 0.3 is 0 Å². The Hall–Kier alpha value is -3.08. The van der Waals surface area contributed by atoms with Gasteiger partial charge in [0, 0.05) is 16.6 Å². The molecule has 0 radical (unpaired) electrons. The highest BCUT2D eigenvalue weighted by Gasteiger charge is 2.32. The maximum absolute atomic E-state index is 12.6. The third-order valence-electron chi connectivity index (χ3n) is 4.56. The number of para-hydroxylation sites is 1. The summed E-state index contributed by atoms with van der Waals surface area (Å²) in [7, 11) is 0. The van der Waals surface area contributed by atoms with Crippen molar-refractivity contribution in [3.8, 4) is 5.75 Å². The number of Topliss-reactive ketones (excluding diaryl/α,β-unsaturated/α-hetero) is 1. The molecule has 0 bridgehead atoms. The van der Waals surface area contributed by atoms with Gasteiger partial charge in [0.1, 0.15) is 16.9 Å². The second kappa shape index (κ2) is 5.73. The molecule has 2 aromatic carbocycles. The number of nitrogens with one attached hydrogen (secondary N) is 1. The molecule has 0 saturated carbocycles. The molecule has 1 N–H and O–H groups in total. The number of aryl methyl sites for hydroxylation is 1. The van der Waals surface area contributed by atoms with Crippen LogP contribution >= 0.6 is 0 Å². The molecule has 3 aromatic rings.